The third-order valence-electron chi connectivity index (χ3n) is 3.72. The number of imidazole rings is 1. The van der Waals surface area contributed by atoms with E-state index >= 15 is 0 Å². The number of carbonyl (C=O) groups excluding carboxylic acids is 1. The fraction of sp³-hybridized carbons (Fsp3) is 0.235. The summed E-state index contributed by atoms with van der Waals surface area (Å²) in [6, 6.07) is 7.83. The molecule has 3 rings (SSSR count). The molecule has 0 fully saturated rings. The molecule has 5 heteroatoms. The average molecular weight is 311 g/mol. The molecule has 0 bridgehead atoms. The summed E-state index contributed by atoms with van der Waals surface area (Å²) in [4.78, 5) is 24.2. The Morgan fingerprint density at radius 2 is 1.95 bits per heavy atom. The van der Waals surface area contributed by atoms with Crippen LogP contribution in [0.1, 0.15) is 27.0 Å². The maximum Gasteiger partial charge on any atom is 0.178 e. The average Bonchev–Trinajstić information content (AvgIpc) is 2.91. The van der Waals surface area contributed by atoms with Gasteiger partial charge in [-0.3, -0.25) is 4.79 Å². The molecule has 1 aromatic carbocycles. The van der Waals surface area contributed by atoms with E-state index in [0.717, 1.165) is 27.4 Å². The van der Waals surface area contributed by atoms with Gasteiger partial charge < -0.3 is 4.98 Å². The lowest BCUT2D eigenvalue weighted by atomic mass is 9.99. The highest BCUT2D eigenvalue weighted by Gasteiger charge is 2.13. The van der Waals surface area contributed by atoms with Crippen molar-refractivity contribution in [3.63, 3.8) is 0 Å². The van der Waals surface area contributed by atoms with Crippen molar-refractivity contribution in [3.8, 4) is 0 Å². The van der Waals surface area contributed by atoms with Crippen LogP contribution < -0.4 is 0 Å². The predicted molar refractivity (Wildman–Crippen MR) is 89.6 cm³/mol. The SMILES string of the molecule is Cc1cc(C)c(C(=O)CSc2nc3ncccc3[nH]2)cc1C. The second-order valence-corrected chi connectivity index (χ2v) is 6.34. The Morgan fingerprint density at radius 1 is 1.18 bits per heavy atom. The summed E-state index contributed by atoms with van der Waals surface area (Å²) in [7, 11) is 0. The quantitative estimate of drug-likeness (QED) is 0.587. The molecule has 0 aliphatic carbocycles. The van der Waals surface area contributed by atoms with Gasteiger partial charge in [-0.15, -0.1) is 0 Å². The van der Waals surface area contributed by atoms with Crippen molar-refractivity contribution >= 4 is 28.7 Å². The van der Waals surface area contributed by atoms with Crippen LogP contribution in [0.2, 0.25) is 0 Å². The Balaban J connectivity index is 1.76. The van der Waals surface area contributed by atoms with E-state index in [4.69, 9.17) is 0 Å². The molecule has 0 atom stereocenters. The fourth-order valence-corrected chi connectivity index (χ4v) is 3.12. The number of pyridine rings is 1. The van der Waals surface area contributed by atoms with Gasteiger partial charge in [0.05, 0.1) is 11.3 Å². The molecule has 0 radical (unpaired) electrons. The molecule has 112 valence electrons. The minimum atomic E-state index is 0.124. The molecule has 0 unspecified atom stereocenters. The molecule has 4 nitrogen and oxygen atoms in total. The van der Waals surface area contributed by atoms with E-state index in [9.17, 15) is 4.79 Å². The Hall–Kier alpha value is -2.14. The zero-order valence-electron chi connectivity index (χ0n) is 12.8. The van der Waals surface area contributed by atoms with Gasteiger partial charge in [-0.2, -0.15) is 0 Å². The van der Waals surface area contributed by atoms with Gasteiger partial charge >= 0.3 is 0 Å². The number of aromatic nitrogens is 3. The Kier molecular flexibility index (Phi) is 3.98. The molecule has 2 aromatic heterocycles. The first-order chi connectivity index (χ1) is 10.5. The van der Waals surface area contributed by atoms with Crippen LogP contribution in [0.4, 0.5) is 0 Å². The third kappa shape index (κ3) is 2.90. The highest BCUT2D eigenvalue weighted by atomic mass is 32.2. The highest BCUT2D eigenvalue weighted by molar-refractivity contribution is 7.99. The number of Topliss-reactive ketones (excluding diaryl/α,β-unsaturated/α-hetero) is 1. The predicted octanol–water partition coefficient (Wildman–Crippen LogP) is 3.86. The molecule has 0 saturated heterocycles. The zero-order chi connectivity index (χ0) is 15.7. The van der Waals surface area contributed by atoms with Crippen LogP contribution in [-0.4, -0.2) is 26.5 Å². The molecular formula is C17H17N3OS. The van der Waals surface area contributed by atoms with Crippen molar-refractivity contribution in [2.75, 3.05) is 5.75 Å². The van der Waals surface area contributed by atoms with Gasteiger partial charge in [0.15, 0.2) is 16.6 Å². The first-order valence-corrected chi connectivity index (χ1v) is 8.08. The Labute approximate surface area is 133 Å². The van der Waals surface area contributed by atoms with Crippen LogP contribution in [-0.2, 0) is 0 Å². The normalized spacial score (nSPS) is 11.0. The van der Waals surface area contributed by atoms with E-state index in [1.807, 2.05) is 32.0 Å². The number of aromatic amines is 1. The third-order valence-corrected chi connectivity index (χ3v) is 4.59. The summed E-state index contributed by atoms with van der Waals surface area (Å²) < 4.78 is 0. The number of benzene rings is 1. The first kappa shape index (κ1) is 14.8. The molecule has 22 heavy (non-hydrogen) atoms. The van der Waals surface area contributed by atoms with Gasteiger partial charge in [-0.1, -0.05) is 17.8 Å². The Morgan fingerprint density at radius 3 is 2.73 bits per heavy atom. The number of fused-ring (bicyclic) bond motifs is 1. The molecule has 0 aliphatic rings. The minimum Gasteiger partial charge on any atom is -0.332 e. The minimum absolute atomic E-state index is 0.124. The van der Waals surface area contributed by atoms with Crippen molar-refractivity contribution in [2.45, 2.75) is 25.9 Å². The molecule has 0 amide bonds. The molecule has 2 heterocycles. The van der Waals surface area contributed by atoms with Crippen molar-refractivity contribution < 1.29 is 4.79 Å². The maximum atomic E-state index is 12.4. The van der Waals surface area contributed by atoms with Gasteiger partial charge in [0.25, 0.3) is 0 Å². The number of aryl methyl sites for hydroxylation is 3. The topological polar surface area (TPSA) is 58.6 Å². The molecular weight excluding hydrogens is 294 g/mol. The number of carbonyl (C=O) groups is 1. The van der Waals surface area contributed by atoms with Gasteiger partial charge in [-0.05, 0) is 55.7 Å². The van der Waals surface area contributed by atoms with E-state index in [0.29, 0.717) is 11.4 Å². The number of nitrogens with one attached hydrogen (secondary N) is 1. The Bertz CT molecular complexity index is 821. The summed E-state index contributed by atoms with van der Waals surface area (Å²) in [6.07, 6.45) is 1.71. The number of nitrogens with zero attached hydrogens (tertiary/aromatic N) is 2. The van der Waals surface area contributed by atoms with Crippen molar-refractivity contribution in [2.24, 2.45) is 0 Å². The summed E-state index contributed by atoms with van der Waals surface area (Å²) in [5, 5.41) is 0.725. The number of thioether (sulfide) groups is 1. The van der Waals surface area contributed by atoms with Crippen LogP contribution in [0.5, 0.6) is 0 Å². The van der Waals surface area contributed by atoms with Crippen LogP contribution >= 0.6 is 11.8 Å². The highest BCUT2D eigenvalue weighted by Crippen LogP contribution is 2.21. The van der Waals surface area contributed by atoms with Crippen LogP contribution in [0, 0.1) is 20.8 Å². The van der Waals surface area contributed by atoms with Gasteiger partial charge in [0.1, 0.15) is 0 Å². The molecule has 0 spiro atoms. The van der Waals surface area contributed by atoms with Crippen LogP contribution in [0.15, 0.2) is 35.6 Å². The number of H-pyrrole nitrogens is 1. The summed E-state index contributed by atoms with van der Waals surface area (Å²) >= 11 is 1.41. The van der Waals surface area contributed by atoms with Gasteiger partial charge in [0, 0.05) is 11.8 Å². The lowest BCUT2D eigenvalue weighted by Gasteiger charge is -2.08. The number of hydrogen-bond donors (Lipinski definition) is 1. The summed E-state index contributed by atoms with van der Waals surface area (Å²) in [5.74, 6) is 0.488. The van der Waals surface area contributed by atoms with Gasteiger partial charge in [0.2, 0.25) is 0 Å². The van der Waals surface area contributed by atoms with E-state index < -0.39 is 0 Å². The van der Waals surface area contributed by atoms with E-state index in [1.54, 1.807) is 6.20 Å². The number of rotatable bonds is 4. The molecule has 1 N–H and O–H groups in total. The molecule has 0 aliphatic heterocycles. The van der Waals surface area contributed by atoms with Crippen LogP contribution in [0.25, 0.3) is 11.2 Å². The fourth-order valence-electron chi connectivity index (χ4n) is 2.36. The van der Waals surface area contributed by atoms with Crippen LogP contribution in [0.3, 0.4) is 0 Å². The second-order valence-electron chi connectivity index (χ2n) is 5.38. The monoisotopic (exact) mass is 311 g/mol. The number of hydrogen-bond acceptors (Lipinski definition) is 4. The molecule has 0 saturated carbocycles. The first-order valence-electron chi connectivity index (χ1n) is 7.09. The standard InChI is InChI=1S/C17H17N3OS/c1-10-7-12(3)13(8-11(10)2)15(21)9-22-17-19-14-5-4-6-18-16(14)20-17/h4-8H,9H2,1-3H3,(H,18,19,20). The van der Waals surface area contributed by atoms with Crippen molar-refractivity contribution in [1.82, 2.24) is 15.0 Å². The van der Waals surface area contributed by atoms with E-state index in [-0.39, 0.29) is 5.78 Å². The van der Waals surface area contributed by atoms with Crippen molar-refractivity contribution in [1.29, 1.82) is 0 Å². The lowest BCUT2D eigenvalue weighted by molar-refractivity contribution is 0.102. The van der Waals surface area contributed by atoms with Gasteiger partial charge in [-0.25, -0.2) is 9.97 Å². The number of ketones is 1. The van der Waals surface area contributed by atoms with E-state index in [1.165, 1.54) is 17.3 Å². The maximum absolute atomic E-state index is 12.4. The molecule has 3 aromatic rings. The van der Waals surface area contributed by atoms with Crippen molar-refractivity contribution in [3.05, 3.63) is 52.7 Å². The van der Waals surface area contributed by atoms with E-state index in [2.05, 4.69) is 27.9 Å². The summed E-state index contributed by atoms with van der Waals surface area (Å²) in [6.45, 7) is 6.08. The summed E-state index contributed by atoms with van der Waals surface area (Å²) in [5.41, 5.74) is 5.75. The largest absolute Gasteiger partial charge is 0.332 e. The zero-order valence-corrected chi connectivity index (χ0v) is 13.6. The smallest absolute Gasteiger partial charge is 0.178 e. The second kappa shape index (κ2) is 5.93. The lowest BCUT2D eigenvalue weighted by Crippen LogP contribution is -2.06.